The standard InChI is InChI=1S/C13H21F5O3/c1-6-11(4,5)10(20)21-8(7(2)3)12(14,15)9(19)13(16,17)18/h7-9,19H,6H2,1-5H3. The Bertz CT molecular complexity index is 363. The highest BCUT2D eigenvalue weighted by atomic mass is 19.4. The summed E-state index contributed by atoms with van der Waals surface area (Å²) in [5.74, 6) is -6.77. The van der Waals surface area contributed by atoms with Crippen LogP contribution in [0.4, 0.5) is 22.0 Å². The molecular weight excluding hydrogens is 299 g/mol. The van der Waals surface area contributed by atoms with E-state index >= 15 is 0 Å². The van der Waals surface area contributed by atoms with Gasteiger partial charge in [-0.25, -0.2) is 0 Å². The summed E-state index contributed by atoms with van der Waals surface area (Å²) in [6, 6.07) is 0. The smallest absolute Gasteiger partial charge is 0.420 e. The molecular formula is C13H21F5O3. The number of aliphatic hydroxyl groups excluding tert-OH is 1. The minimum Gasteiger partial charge on any atom is -0.455 e. The number of carbonyl (C=O) groups is 1. The van der Waals surface area contributed by atoms with Crippen LogP contribution in [-0.4, -0.2) is 35.4 Å². The van der Waals surface area contributed by atoms with E-state index in [9.17, 15) is 26.7 Å². The van der Waals surface area contributed by atoms with Crippen molar-refractivity contribution < 1.29 is 36.6 Å². The van der Waals surface area contributed by atoms with E-state index in [0.29, 0.717) is 0 Å². The van der Waals surface area contributed by atoms with Gasteiger partial charge in [0.2, 0.25) is 6.10 Å². The third kappa shape index (κ3) is 4.79. The van der Waals surface area contributed by atoms with Crippen molar-refractivity contribution in [3.63, 3.8) is 0 Å². The average molecular weight is 320 g/mol. The first-order chi connectivity index (χ1) is 9.17. The number of ether oxygens (including phenoxy) is 1. The van der Waals surface area contributed by atoms with Crippen molar-refractivity contribution in [3.8, 4) is 0 Å². The van der Waals surface area contributed by atoms with E-state index in [0.717, 1.165) is 0 Å². The van der Waals surface area contributed by atoms with E-state index in [1.54, 1.807) is 6.92 Å². The number of aliphatic hydroxyl groups is 1. The fraction of sp³-hybridized carbons (Fsp3) is 0.923. The molecule has 0 rings (SSSR count). The highest BCUT2D eigenvalue weighted by molar-refractivity contribution is 5.76. The molecule has 8 heteroatoms. The van der Waals surface area contributed by atoms with Gasteiger partial charge in [0.25, 0.3) is 0 Å². The zero-order valence-corrected chi connectivity index (χ0v) is 12.6. The molecule has 0 aromatic heterocycles. The maximum atomic E-state index is 13.8. The Labute approximate surface area is 120 Å². The van der Waals surface area contributed by atoms with E-state index in [1.165, 1.54) is 27.7 Å². The van der Waals surface area contributed by atoms with Gasteiger partial charge in [0.15, 0.2) is 6.10 Å². The van der Waals surface area contributed by atoms with Crippen molar-refractivity contribution >= 4 is 5.97 Å². The second-order valence-electron chi connectivity index (χ2n) is 5.93. The van der Waals surface area contributed by atoms with Crippen LogP contribution in [0.5, 0.6) is 0 Å². The lowest BCUT2D eigenvalue weighted by Crippen LogP contribution is -2.55. The molecule has 0 heterocycles. The van der Waals surface area contributed by atoms with Crippen LogP contribution in [0.15, 0.2) is 0 Å². The SMILES string of the molecule is CCC(C)(C)C(=O)OC(C(C)C)C(F)(F)C(O)C(F)(F)F. The summed E-state index contributed by atoms with van der Waals surface area (Å²) in [6.45, 7) is 6.87. The monoisotopic (exact) mass is 320 g/mol. The normalized spacial score (nSPS) is 16.8. The van der Waals surface area contributed by atoms with Crippen molar-refractivity contribution in [2.75, 3.05) is 0 Å². The number of halogens is 5. The Hall–Kier alpha value is -0.920. The van der Waals surface area contributed by atoms with Crippen LogP contribution in [0.3, 0.4) is 0 Å². The van der Waals surface area contributed by atoms with Gasteiger partial charge >= 0.3 is 18.1 Å². The van der Waals surface area contributed by atoms with Crippen LogP contribution in [0.2, 0.25) is 0 Å². The molecule has 0 saturated carbocycles. The summed E-state index contributed by atoms with van der Waals surface area (Å²) < 4.78 is 69.3. The van der Waals surface area contributed by atoms with E-state index in [-0.39, 0.29) is 6.42 Å². The molecule has 126 valence electrons. The third-order valence-electron chi connectivity index (χ3n) is 3.33. The first-order valence-electron chi connectivity index (χ1n) is 6.51. The molecule has 0 radical (unpaired) electrons. The summed E-state index contributed by atoms with van der Waals surface area (Å²) in [5.41, 5.74) is -1.10. The van der Waals surface area contributed by atoms with Crippen LogP contribution >= 0.6 is 0 Å². The van der Waals surface area contributed by atoms with Crippen LogP contribution in [0, 0.1) is 11.3 Å². The number of hydrogen-bond acceptors (Lipinski definition) is 3. The molecule has 0 aliphatic carbocycles. The fourth-order valence-corrected chi connectivity index (χ4v) is 1.45. The Kier molecular flexibility index (Phi) is 6.17. The lowest BCUT2D eigenvalue weighted by Gasteiger charge is -2.35. The van der Waals surface area contributed by atoms with Crippen LogP contribution < -0.4 is 0 Å². The zero-order valence-electron chi connectivity index (χ0n) is 12.6. The summed E-state index contributed by atoms with van der Waals surface area (Å²) in [7, 11) is 0. The predicted molar refractivity (Wildman–Crippen MR) is 65.8 cm³/mol. The molecule has 21 heavy (non-hydrogen) atoms. The van der Waals surface area contributed by atoms with Crippen LogP contribution in [-0.2, 0) is 9.53 Å². The summed E-state index contributed by atoms with van der Waals surface area (Å²) in [6.07, 6.45) is -11.5. The molecule has 0 bridgehead atoms. The highest BCUT2D eigenvalue weighted by Crippen LogP contribution is 2.39. The van der Waals surface area contributed by atoms with Gasteiger partial charge in [-0.05, 0) is 26.2 Å². The molecule has 0 amide bonds. The van der Waals surface area contributed by atoms with Crippen LogP contribution in [0.25, 0.3) is 0 Å². The van der Waals surface area contributed by atoms with Crippen LogP contribution in [0.1, 0.15) is 41.0 Å². The molecule has 2 unspecified atom stereocenters. The molecule has 0 aliphatic rings. The number of carbonyl (C=O) groups excluding carboxylic acids is 1. The molecule has 2 atom stereocenters. The van der Waals surface area contributed by atoms with Crippen molar-refractivity contribution in [1.29, 1.82) is 0 Å². The maximum Gasteiger partial charge on any atom is 0.420 e. The molecule has 0 aromatic rings. The summed E-state index contributed by atoms with van der Waals surface area (Å²) in [4.78, 5) is 11.8. The zero-order chi connectivity index (χ0) is 17.2. The minimum absolute atomic E-state index is 0.268. The lowest BCUT2D eigenvalue weighted by molar-refractivity contribution is -0.297. The second kappa shape index (κ2) is 6.46. The third-order valence-corrected chi connectivity index (χ3v) is 3.33. The lowest BCUT2D eigenvalue weighted by atomic mass is 9.89. The van der Waals surface area contributed by atoms with Crippen molar-refractivity contribution in [2.24, 2.45) is 11.3 Å². The predicted octanol–water partition coefficient (Wildman–Crippen LogP) is 3.55. The topological polar surface area (TPSA) is 46.5 Å². The van der Waals surface area contributed by atoms with Crippen molar-refractivity contribution in [3.05, 3.63) is 0 Å². The molecule has 0 saturated heterocycles. The molecule has 0 fully saturated rings. The maximum absolute atomic E-state index is 13.8. The van der Waals surface area contributed by atoms with E-state index in [2.05, 4.69) is 4.74 Å². The molecule has 3 nitrogen and oxygen atoms in total. The van der Waals surface area contributed by atoms with Gasteiger partial charge in [0.05, 0.1) is 5.41 Å². The summed E-state index contributed by atoms with van der Waals surface area (Å²) >= 11 is 0. The summed E-state index contributed by atoms with van der Waals surface area (Å²) in [5, 5.41) is 8.84. The quantitative estimate of drug-likeness (QED) is 0.601. The average Bonchev–Trinajstić information content (AvgIpc) is 2.32. The number of esters is 1. The van der Waals surface area contributed by atoms with Gasteiger partial charge in [-0.1, -0.05) is 20.8 Å². The van der Waals surface area contributed by atoms with E-state index in [4.69, 9.17) is 5.11 Å². The Balaban J connectivity index is 5.38. The molecule has 0 spiro atoms. The number of hydrogen-bond donors (Lipinski definition) is 1. The van der Waals surface area contributed by atoms with Gasteiger partial charge in [-0.15, -0.1) is 0 Å². The second-order valence-corrected chi connectivity index (χ2v) is 5.93. The largest absolute Gasteiger partial charge is 0.455 e. The first-order valence-corrected chi connectivity index (χ1v) is 6.51. The van der Waals surface area contributed by atoms with Gasteiger partial charge in [0.1, 0.15) is 0 Å². The van der Waals surface area contributed by atoms with Crippen molar-refractivity contribution in [2.45, 2.75) is 65.3 Å². The fourth-order valence-electron chi connectivity index (χ4n) is 1.45. The van der Waals surface area contributed by atoms with Gasteiger partial charge in [-0.2, -0.15) is 22.0 Å². The van der Waals surface area contributed by atoms with Gasteiger partial charge in [0, 0.05) is 0 Å². The van der Waals surface area contributed by atoms with Gasteiger partial charge < -0.3 is 9.84 Å². The van der Waals surface area contributed by atoms with E-state index in [1.807, 2.05) is 0 Å². The first kappa shape index (κ1) is 20.1. The Morgan fingerprint density at radius 2 is 1.57 bits per heavy atom. The number of rotatable bonds is 6. The minimum atomic E-state index is -5.51. The Morgan fingerprint density at radius 1 is 1.14 bits per heavy atom. The number of alkyl halides is 5. The van der Waals surface area contributed by atoms with Crippen molar-refractivity contribution in [1.82, 2.24) is 0 Å². The van der Waals surface area contributed by atoms with E-state index < -0.39 is 41.6 Å². The molecule has 1 N–H and O–H groups in total. The molecule has 0 aromatic carbocycles. The highest BCUT2D eigenvalue weighted by Gasteiger charge is 2.61. The molecule has 0 aliphatic heterocycles. The Morgan fingerprint density at radius 3 is 1.86 bits per heavy atom. The van der Waals surface area contributed by atoms with Gasteiger partial charge in [-0.3, -0.25) is 4.79 Å².